The van der Waals surface area contributed by atoms with Crippen LogP contribution in [0.3, 0.4) is 0 Å². The first-order valence-corrected chi connectivity index (χ1v) is 6.91. The molecule has 0 aliphatic heterocycles. The van der Waals surface area contributed by atoms with Gasteiger partial charge in [0.2, 0.25) is 0 Å². The van der Waals surface area contributed by atoms with Gasteiger partial charge in [0.05, 0.1) is 12.0 Å². The Morgan fingerprint density at radius 3 is 2.31 bits per heavy atom. The molecule has 0 fully saturated rings. The number of hydrogen-bond acceptors (Lipinski definition) is 3. The van der Waals surface area contributed by atoms with Gasteiger partial charge in [0.1, 0.15) is 5.76 Å². The van der Waals surface area contributed by atoms with Crippen molar-refractivity contribution in [2.24, 2.45) is 0 Å². The van der Waals surface area contributed by atoms with Crippen LogP contribution in [0.25, 0.3) is 11.3 Å². The van der Waals surface area contributed by atoms with E-state index in [1.165, 1.54) is 6.26 Å². The molecule has 0 saturated carbocycles. The monoisotopic (exact) mass is 236 g/mol. The maximum Gasteiger partial charge on any atom is 0.151 e. The zero-order valence-corrected chi connectivity index (χ0v) is 9.70. The van der Waals surface area contributed by atoms with E-state index < -0.39 is 9.84 Å². The highest BCUT2D eigenvalue weighted by Crippen LogP contribution is 2.20. The summed E-state index contributed by atoms with van der Waals surface area (Å²) in [5.74, 6) is 0.858. The maximum atomic E-state index is 11.1. The van der Waals surface area contributed by atoms with Crippen molar-refractivity contribution in [1.82, 2.24) is 0 Å². The van der Waals surface area contributed by atoms with Crippen LogP contribution in [0.4, 0.5) is 0 Å². The molecule has 0 bridgehead atoms. The summed E-state index contributed by atoms with van der Waals surface area (Å²) >= 11 is 0. The van der Waals surface area contributed by atoms with Crippen molar-refractivity contribution < 1.29 is 12.8 Å². The summed E-state index contributed by atoms with van der Waals surface area (Å²) in [7, 11) is -2.97. The molecule has 1 heterocycles. The zero-order valence-electron chi connectivity index (χ0n) is 8.88. The molecule has 84 valence electrons. The van der Waals surface area contributed by atoms with E-state index in [-0.39, 0.29) is 5.75 Å². The molecular formula is C12H12O3S. The van der Waals surface area contributed by atoms with Crippen molar-refractivity contribution in [3.05, 3.63) is 48.2 Å². The van der Waals surface area contributed by atoms with Gasteiger partial charge in [0.25, 0.3) is 0 Å². The predicted molar refractivity (Wildman–Crippen MR) is 62.7 cm³/mol. The first-order chi connectivity index (χ1) is 7.54. The lowest BCUT2D eigenvalue weighted by molar-refractivity contribution is 0.582. The van der Waals surface area contributed by atoms with Crippen LogP contribution in [0.5, 0.6) is 0 Å². The van der Waals surface area contributed by atoms with Gasteiger partial charge in [-0.3, -0.25) is 0 Å². The molecule has 0 aliphatic rings. The summed E-state index contributed by atoms with van der Waals surface area (Å²) in [5, 5.41) is 0. The third-order valence-electron chi connectivity index (χ3n) is 2.19. The summed E-state index contributed by atoms with van der Waals surface area (Å²) in [6, 6.07) is 11.0. The Balaban J connectivity index is 2.24. The summed E-state index contributed by atoms with van der Waals surface area (Å²) in [4.78, 5) is 0. The lowest BCUT2D eigenvalue weighted by atomic mass is 10.1. The van der Waals surface area contributed by atoms with Gasteiger partial charge in [-0.2, -0.15) is 0 Å². The SMILES string of the molecule is CS(=O)(=O)Cc1ccc(-c2ccco2)cc1. The van der Waals surface area contributed by atoms with E-state index in [2.05, 4.69) is 0 Å². The Labute approximate surface area is 94.6 Å². The van der Waals surface area contributed by atoms with Crippen LogP contribution in [-0.2, 0) is 15.6 Å². The number of hydrogen-bond donors (Lipinski definition) is 0. The van der Waals surface area contributed by atoms with E-state index in [0.29, 0.717) is 0 Å². The van der Waals surface area contributed by atoms with Crippen LogP contribution < -0.4 is 0 Å². The molecule has 2 rings (SSSR count). The van der Waals surface area contributed by atoms with Crippen LogP contribution in [0.1, 0.15) is 5.56 Å². The second-order valence-electron chi connectivity index (χ2n) is 3.74. The highest BCUT2D eigenvalue weighted by molar-refractivity contribution is 7.89. The minimum atomic E-state index is -2.97. The van der Waals surface area contributed by atoms with E-state index in [1.54, 1.807) is 18.4 Å². The number of furan rings is 1. The Morgan fingerprint density at radius 2 is 1.81 bits per heavy atom. The fraction of sp³-hybridized carbons (Fsp3) is 0.167. The molecule has 0 atom stereocenters. The average Bonchev–Trinajstić information content (AvgIpc) is 2.69. The van der Waals surface area contributed by atoms with Crippen LogP contribution in [-0.4, -0.2) is 14.7 Å². The van der Waals surface area contributed by atoms with E-state index in [4.69, 9.17) is 4.42 Å². The van der Waals surface area contributed by atoms with E-state index in [0.717, 1.165) is 16.9 Å². The van der Waals surface area contributed by atoms with E-state index in [1.807, 2.05) is 24.3 Å². The quantitative estimate of drug-likeness (QED) is 0.822. The number of benzene rings is 1. The highest BCUT2D eigenvalue weighted by atomic mass is 32.2. The minimum Gasteiger partial charge on any atom is -0.464 e. The fourth-order valence-electron chi connectivity index (χ4n) is 1.51. The van der Waals surface area contributed by atoms with Crippen molar-refractivity contribution >= 4 is 9.84 Å². The van der Waals surface area contributed by atoms with Crippen molar-refractivity contribution in [2.75, 3.05) is 6.26 Å². The third-order valence-corrected chi connectivity index (χ3v) is 3.05. The highest BCUT2D eigenvalue weighted by Gasteiger charge is 2.05. The fourth-order valence-corrected chi connectivity index (χ4v) is 2.31. The molecule has 0 spiro atoms. The van der Waals surface area contributed by atoms with Crippen molar-refractivity contribution in [1.29, 1.82) is 0 Å². The first-order valence-electron chi connectivity index (χ1n) is 4.85. The molecule has 0 aliphatic carbocycles. The van der Waals surface area contributed by atoms with Gasteiger partial charge in [-0.05, 0) is 17.7 Å². The molecule has 4 heteroatoms. The standard InChI is InChI=1S/C12H12O3S/c1-16(13,14)9-10-4-6-11(7-5-10)12-3-2-8-15-12/h2-8H,9H2,1H3. The maximum absolute atomic E-state index is 11.1. The molecular weight excluding hydrogens is 224 g/mol. The Hall–Kier alpha value is -1.55. The molecule has 1 aromatic carbocycles. The van der Waals surface area contributed by atoms with Crippen LogP contribution >= 0.6 is 0 Å². The molecule has 0 amide bonds. The molecule has 3 nitrogen and oxygen atoms in total. The van der Waals surface area contributed by atoms with Gasteiger partial charge < -0.3 is 4.42 Å². The van der Waals surface area contributed by atoms with Gasteiger partial charge in [-0.1, -0.05) is 24.3 Å². The normalized spacial score (nSPS) is 11.6. The summed E-state index contributed by atoms with van der Waals surface area (Å²) in [6.07, 6.45) is 2.84. The van der Waals surface area contributed by atoms with Crippen LogP contribution in [0, 0.1) is 0 Å². The molecule has 2 aromatic rings. The molecule has 0 saturated heterocycles. The summed E-state index contributed by atoms with van der Waals surface area (Å²) in [5.41, 5.74) is 1.74. The Kier molecular flexibility index (Phi) is 2.83. The van der Waals surface area contributed by atoms with E-state index in [9.17, 15) is 8.42 Å². The second kappa shape index (κ2) is 4.14. The lowest BCUT2D eigenvalue weighted by Crippen LogP contribution is -2.00. The van der Waals surface area contributed by atoms with Crippen LogP contribution in [0.15, 0.2) is 47.1 Å². The van der Waals surface area contributed by atoms with Crippen LogP contribution in [0.2, 0.25) is 0 Å². The van der Waals surface area contributed by atoms with Gasteiger partial charge >= 0.3 is 0 Å². The van der Waals surface area contributed by atoms with Crippen molar-refractivity contribution in [3.63, 3.8) is 0 Å². The van der Waals surface area contributed by atoms with Gasteiger partial charge in [0.15, 0.2) is 9.84 Å². The molecule has 0 radical (unpaired) electrons. The predicted octanol–water partition coefficient (Wildman–Crippen LogP) is 2.49. The third kappa shape index (κ3) is 2.73. The van der Waals surface area contributed by atoms with Gasteiger partial charge in [-0.15, -0.1) is 0 Å². The minimum absolute atomic E-state index is 0.0748. The average molecular weight is 236 g/mol. The van der Waals surface area contributed by atoms with Gasteiger partial charge in [-0.25, -0.2) is 8.42 Å². The Bertz CT molecular complexity index is 551. The largest absolute Gasteiger partial charge is 0.464 e. The smallest absolute Gasteiger partial charge is 0.151 e. The zero-order chi connectivity index (χ0) is 11.6. The molecule has 0 unspecified atom stereocenters. The van der Waals surface area contributed by atoms with E-state index >= 15 is 0 Å². The summed E-state index contributed by atoms with van der Waals surface area (Å²) < 4.78 is 27.4. The second-order valence-corrected chi connectivity index (χ2v) is 5.88. The van der Waals surface area contributed by atoms with Crippen molar-refractivity contribution in [2.45, 2.75) is 5.75 Å². The summed E-state index contributed by atoms with van der Waals surface area (Å²) in [6.45, 7) is 0. The molecule has 1 aromatic heterocycles. The van der Waals surface area contributed by atoms with Gasteiger partial charge in [0, 0.05) is 11.8 Å². The topological polar surface area (TPSA) is 47.3 Å². The first kappa shape index (κ1) is 11.0. The number of sulfone groups is 1. The molecule has 16 heavy (non-hydrogen) atoms. The molecule has 0 N–H and O–H groups in total. The Morgan fingerprint density at radius 1 is 1.12 bits per heavy atom. The van der Waals surface area contributed by atoms with Crippen molar-refractivity contribution in [3.8, 4) is 11.3 Å². The lowest BCUT2D eigenvalue weighted by Gasteiger charge is -2.01. The number of rotatable bonds is 3.